The number of benzene rings is 1. The lowest BCUT2D eigenvalue weighted by molar-refractivity contribution is 0.819. The van der Waals surface area contributed by atoms with E-state index in [1.54, 1.807) is 0 Å². The highest BCUT2D eigenvalue weighted by Crippen LogP contribution is 2.21. The quantitative estimate of drug-likeness (QED) is 0.645. The van der Waals surface area contributed by atoms with Crippen molar-refractivity contribution in [2.45, 2.75) is 60.3 Å². The van der Waals surface area contributed by atoms with Crippen LogP contribution in [-0.4, -0.2) is 0 Å². The van der Waals surface area contributed by atoms with Crippen molar-refractivity contribution in [3.05, 3.63) is 34.9 Å². The van der Waals surface area contributed by atoms with Crippen LogP contribution in [0.3, 0.4) is 0 Å². The Bertz CT molecular complexity index is 271. The molecule has 1 rings (SSSR count). The van der Waals surface area contributed by atoms with Gasteiger partial charge in [-0.1, -0.05) is 64.8 Å². The lowest BCUT2D eigenvalue weighted by Gasteiger charge is -2.12. The molecule has 0 aliphatic heterocycles. The third kappa shape index (κ3) is 4.51. The zero-order valence-electron chi connectivity index (χ0n) is 11.2. The van der Waals surface area contributed by atoms with E-state index >= 15 is 0 Å². The van der Waals surface area contributed by atoms with E-state index < -0.39 is 0 Å². The zero-order chi connectivity index (χ0) is 11.8. The highest BCUT2D eigenvalue weighted by atomic mass is 14.1. The minimum Gasteiger partial charge on any atom is -0.0683 e. The molecule has 1 aromatic carbocycles. The summed E-state index contributed by atoms with van der Waals surface area (Å²) in [7, 11) is 0. The van der Waals surface area contributed by atoms with Gasteiger partial charge in [0, 0.05) is 0 Å². The first-order valence-corrected chi connectivity index (χ1v) is 6.24. The summed E-state index contributed by atoms with van der Waals surface area (Å²) in [6, 6.07) is 6.83. The normalized spacial score (nSPS) is 9.80. The van der Waals surface area contributed by atoms with E-state index in [9.17, 15) is 0 Å². The van der Waals surface area contributed by atoms with Gasteiger partial charge in [0.15, 0.2) is 0 Å². The maximum Gasteiger partial charge on any atom is -0.0216 e. The number of aryl methyl sites for hydroxylation is 2. The highest BCUT2D eigenvalue weighted by molar-refractivity contribution is 5.33. The predicted octanol–water partition coefficient (Wildman–Crippen LogP) is 5.10. The van der Waals surface area contributed by atoms with Crippen LogP contribution in [0.5, 0.6) is 0 Å². The van der Waals surface area contributed by atoms with Crippen molar-refractivity contribution < 1.29 is 0 Å². The van der Waals surface area contributed by atoms with Crippen LogP contribution in [-0.2, 0) is 6.42 Å². The molecule has 1 aromatic rings. The van der Waals surface area contributed by atoms with Gasteiger partial charge in [-0.2, -0.15) is 0 Å². The fourth-order valence-electron chi connectivity index (χ4n) is 1.78. The standard InChI is InChI=1S/C13H20.C2H6/c1-5-6-12-9-11(4)7-8-13(12)10(2)3;1-2/h7-10H,5-6H2,1-4H3;1-2H3. The van der Waals surface area contributed by atoms with Gasteiger partial charge in [0.2, 0.25) is 0 Å². The second-order valence-electron chi connectivity index (χ2n) is 4.11. The van der Waals surface area contributed by atoms with Crippen LogP contribution in [0.1, 0.15) is 63.6 Å². The maximum atomic E-state index is 2.33. The van der Waals surface area contributed by atoms with Gasteiger partial charge in [-0.05, 0) is 30.4 Å². The molecule has 0 heteroatoms. The first kappa shape index (κ1) is 14.2. The Hall–Kier alpha value is -0.780. The lowest BCUT2D eigenvalue weighted by atomic mass is 9.93. The smallest absolute Gasteiger partial charge is 0.0216 e. The van der Waals surface area contributed by atoms with Crippen molar-refractivity contribution >= 4 is 0 Å². The van der Waals surface area contributed by atoms with Crippen LogP contribution >= 0.6 is 0 Å². The Labute approximate surface area is 95.7 Å². The van der Waals surface area contributed by atoms with Crippen molar-refractivity contribution in [1.82, 2.24) is 0 Å². The van der Waals surface area contributed by atoms with Crippen LogP contribution in [0.15, 0.2) is 18.2 Å². The van der Waals surface area contributed by atoms with Gasteiger partial charge in [-0.25, -0.2) is 0 Å². The molecule has 0 heterocycles. The molecule has 0 fully saturated rings. The van der Waals surface area contributed by atoms with Crippen LogP contribution in [0, 0.1) is 6.92 Å². The third-order valence-corrected chi connectivity index (χ3v) is 2.44. The van der Waals surface area contributed by atoms with E-state index in [1.807, 2.05) is 13.8 Å². The van der Waals surface area contributed by atoms with Crippen molar-refractivity contribution in [3.8, 4) is 0 Å². The van der Waals surface area contributed by atoms with E-state index in [0.717, 1.165) is 0 Å². The number of hydrogen-bond acceptors (Lipinski definition) is 0. The molecule has 0 radical (unpaired) electrons. The Kier molecular flexibility index (Phi) is 7.11. The van der Waals surface area contributed by atoms with E-state index in [4.69, 9.17) is 0 Å². The topological polar surface area (TPSA) is 0 Å². The second kappa shape index (κ2) is 7.50. The SMILES string of the molecule is CC.CCCc1cc(C)ccc1C(C)C. The third-order valence-electron chi connectivity index (χ3n) is 2.44. The molecular formula is C15H26. The molecule has 0 aliphatic rings. The van der Waals surface area contributed by atoms with Gasteiger partial charge in [-0.3, -0.25) is 0 Å². The Morgan fingerprint density at radius 3 is 2.20 bits per heavy atom. The molecule has 0 aliphatic carbocycles. The summed E-state index contributed by atoms with van der Waals surface area (Å²) in [5.74, 6) is 0.655. The Morgan fingerprint density at radius 1 is 1.13 bits per heavy atom. The van der Waals surface area contributed by atoms with Crippen molar-refractivity contribution in [2.75, 3.05) is 0 Å². The molecule has 86 valence electrons. The van der Waals surface area contributed by atoms with E-state index in [1.165, 1.54) is 29.5 Å². The Morgan fingerprint density at radius 2 is 1.73 bits per heavy atom. The fourth-order valence-corrected chi connectivity index (χ4v) is 1.78. The number of hydrogen-bond donors (Lipinski definition) is 0. The average molecular weight is 206 g/mol. The van der Waals surface area contributed by atoms with Gasteiger partial charge in [0.05, 0.1) is 0 Å². The Balaban J connectivity index is 0.000000921. The summed E-state index contributed by atoms with van der Waals surface area (Å²) < 4.78 is 0. The second-order valence-corrected chi connectivity index (χ2v) is 4.11. The minimum absolute atomic E-state index is 0.655. The van der Waals surface area contributed by atoms with Crippen LogP contribution < -0.4 is 0 Å². The highest BCUT2D eigenvalue weighted by Gasteiger charge is 2.05. The summed E-state index contributed by atoms with van der Waals surface area (Å²) in [6.45, 7) is 12.9. The molecule has 0 saturated carbocycles. The molecule has 0 nitrogen and oxygen atoms in total. The average Bonchev–Trinajstić information content (AvgIpc) is 2.21. The molecule has 0 bridgehead atoms. The summed E-state index contributed by atoms with van der Waals surface area (Å²) in [4.78, 5) is 0. The van der Waals surface area contributed by atoms with Crippen LogP contribution in [0.25, 0.3) is 0 Å². The minimum atomic E-state index is 0.655. The van der Waals surface area contributed by atoms with Gasteiger partial charge >= 0.3 is 0 Å². The molecule has 15 heavy (non-hydrogen) atoms. The first-order chi connectivity index (χ1) is 7.15. The fraction of sp³-hybridized carbons (Fsp3) is 0.600. The van der Waals surface area contributed by atoms with Gasteiger partial charge in [0.25, 0.3) is 0 Å². The molecular weight excluding hydrogens is 180 g/mol. The van der Waals surface area contributed by atoms with E-state index in [0.29, 0.717) is 5.92 Å². The lowest BCUT2D eigenvalue weighted by Crippen LogP contribution is -1.96. The van der Waals surface area contributed by atoms with Crippen LogP contribution in [0.2, 0.25) is 0 Å². The summed E-state index contributed by atoms with van der Waals surface area (Å²) in [5.41, 5.74) is 4.44. The van der Waals surface area contributed by atoms with Crippen molar-refractivity contribution in [2.24, 2.45) is 0 Å². The molecule has 0 N–H and O–H groups in total. The number of rotatable bonds is 3. The molecule has 0 aromatic heterocycles. The van der Waals surface area contributed by atoms with Gasteiger partial charge in [0.1, 0.15) is 0 Å². The van der Waals surface area contributed by atoms with Crippen molar-refractivity contribution in [3.63, 3.8) is 0 Å². The summed E-state index contributed by atoms with van der Waals surface area (Å²) in [5, 5.41) is 0. The molecule has 0 unspecified atom stereocenters. The maximum absolute atomic E-state index is 2.33. The van der Waals surface area contributed by atoms with E-state index in [2.05, 4.69) is 45.9 Å². The summed E-state index contributed by atoms with van der Waals surface area (Å²) >= 11 is 0. The van der Waals surface area contributed by atoms with E-state index in [-0.39, 0.29) is 0 Å². The monoisotopic (exact) mass is 206 g/mol. The summed E-state index contributed by atoms with van der Waals surface area (Å²) in [6.07, 6.45) is 2.46. The molecule has 0 spiro atoms. The van der Waals surface area contributed by atoms with Gasteiger partial charge in [-0.15, -0.1) is 0 Å². The predicted molar refractivity (Wildman–Crippen MR) is 70.6 cm³/mol. The molecule has 0 atom stereocenters. The largest absolute Gasteiger partial charge is 0.0683 e. The zero-order valence-corrected chi connectivity index (χ0v) is 11.2. The van der Waals surface area contributed by atoms with Gasteiger partial charge < -0.3 is 0 Å². The first-order valence-electron chi connectivity index (χ1n) is 6.24. The molecule has 0 amide bonds. The van der Waals surface area contributed by atoms with Crippen molar-refractivity contribution in [1.29, 1.82) is 0 Å². The van der Waals surface area contributed by atoms with Crippen LogP contribution in [0.4, 0.5) is 0 Å². The molecule has 0 saturated heterocycles.